The molecule has 0 bridgehead atoms. The number of rotatable bonds is 6. The maximum atomic E-state index is 13.4. The molecule has 3 heterocycles. The Kier molecular flexibility index (Phi) is 5.73. The van der Waals surface area contributed by atoms with Crippen LogP contribution in [0.15, 0.2) is 15.7 Å². The lowest BCUT2D eigenvalue weighted by Gasteiger charge is -2.34. The Hall–Kier alpha value is -2.53. The number of carbonyl (C=O) groups excluding carboxylic acids is 1. The number of hydrogen-bond acceptors (Lipinski definition) is 6. The van der Waals surface area contributed by atoms with Gasteiger partial charge < -0.3 is 4.90 Å². The van der Waals surface area contributed by atoms with Gasteiger partial charge in [-0.1, -0.05) is 6.92 Å². The third kappa shape index (κ3) is 4.03. The number of piperazine rings is 1. The number of aryl methyl sites for hydroxylation is 1. The molecule has 1 saturated carbocycles. The van der Waals surface area contributed by atoms with E-state index in [1.807, 2.05) is 6.92 Å². The second-order valence-electron chi connectivity index (χ2n) is 8.07. The van der Waals surface area contributed by atoms with E-state index < -0.39 is 21.3 Å². The zero-order valence-corrected chi connectivity index (χ0v) is 18.6. The Bertz CT molecular complexity index is 1240. The Balaban J connectivity index is 1.77. The fraction of sp³-hybridized carbons (Fsp3) is 0.600. The summed E-state index contributed by atoms with van der Waals surface area (Å²) in [5.74, 6) is -0.0904. The highest BCUT2D eigenvalue weighted by atomic mass is 32.2. The molecule has 2 aromatic rings. The van der Waals surface area contributed by atoms with Gasteiger partial charge in [0, 0.05) is 44.3 Å². The van der Waals surface area contributed by atoms with Crippen LogP contribution in [0.1, 0.15) is 55.1 Å². The number of nitrogens with one attached hydrogen (secondary N) is 1. The predicted octanol–water partition coefficient (Wildman–Crippen LogP) is 0.480. The number of sulfonamides is 1. The van der Waals surface area contributed by atoms with Crippen LogP contribution in [0.5, 0.6) is 0 Å². The van der Waals surface area contributed by atoms with Crippen molar-refractivity contribution >= 4 is 27.0 Å². The molecule has 11 heteroatoms. The van der Waals surface area contributed by atoms with Gasteiger partial charge in [-0.15, -0.1) is 0 Å². The Morgan fingerprint density at radius 2 is 1.84 bits per heavy atom. The van der Waals surface area contributed by atoms with Gasteiger partial charge in [0.05, 0.1) is 16.7 Å². The van der Waals surface area contributed by atoms with Crippen LogP contribution in [-0.2, 0) is 16.6 Å². The van der Waals surface area contributed by atoms with Crippen LogP contribution >= 0.6 is 0 Å². The van der Waals surface area contributed by atoms with Gasteiger partial charge >= 0.3 is 5.69 Å². The summed E-state index contributed by atoms with van der Waals surface area (Å²) in [7, 11) is -3.31. The van der Waals surface area contributed by atoms with Crippen LogP contribution in [0.2, 0.25) is 0 Å². The number of pyridine rings is 1. The number of H-pyrrole nitrogens is 1. The second-order valence-corrected chi connectivity index (χ2v) is 10.3. The summed E-state index contributed by atoms with van der Waals surface area (Å²) in [6.45, 7) is 4.82. The smallest absolute Gasteiger partial charge is 0.329 e. The fourth-order valence-corrected chi connectivity index (χ4v) is 5.09. The Morgan fingerprint density at radius 3 is 2.42 bits per heavy atom. The third-order valence-corrected chi connectivity index (χ3v) is 7.81. The van der Waals surface area contributed by atoms with Crippen molar-refractivity contribution in [2.45, 2.75) is 45.6 Å². The summed E-state index contributed by atoms with van der Waals surface area (Å²) in [5, 5.41) is 0.117. The minimum atomic E-state index is -3.31. The monoisotopic (exact) mass is 449 g/mol. The second kappa shape index (κ2) is 8.19. The molecule has 1 saturated heterocycles. The van der Waals surface area contributed by atoms with E-state index in [1.165, 1.54) is 8.87 Å². The average molecular weight is 450 g/mol. The number of aromatic nitrogens is 3. The van der Waals surface area contributed by atoms with Gasteiger partial charge in [0.2, 0.25) is 10.0 Å². The fourth-order valence-electron chi connectivity index (χ4n) is 4.00. The molecule has 10 nitrogen and oxygen atoms in total. The van der Waals surface area contributed by atoms with Crippen molar-refractivity contribution in [1.82, 2.24) is 23.7 Å². The summed E-state index contributed by atoms with van der Waals surface area (Å²) in [6.07, 6.45) is 2.59. The molecular formula is C20H27N5O5S. The maximum absolute atomic E-state index is 13.4. The highest BCUT2D eigenvalue weighted by Gasteiger charge is 2.32. The molecule has 0 unspecified atom stereocenters. The standard InChI is InChI=1S/C20H27N5O5S/c1-3-7-25-17-16(18(26)22-20(25)28)14(12-15(21-17)13-5-6-13)19(27)23-8-10-24(11-9-23)31(29,30)4-2/h12-13H,3-11H2,1-2H3,(H,22,26,28). The SMILES string of the molecule is CCCn1c(=O)[nH]c(=O)c2c(C(=O)N3CCN(S(=O)(=O)CC)CC3)cc(C3CC3)nc21. The van der Waals surface area contributed by atoms with E-state index in [4.69, 9.17) is 0 Å². The van der Waals surface area contributed by atoms with Crippen LogP contribution in [0, 0.1) is 0 Å². The van der Waals surface area contributed by atoms with Crippen molar-refractivity contribution in [2.75, 3.05) is 31.9 Å². The Morgan fingerprint density at radius 1 is 1.16 bits per heavy atom. The molecule has 0 atom stereocenters. The highest BCUT2D eigenvalue weighted by Crippen LogP contribution is 2.40. The van der Waals surface area contributed by atoms with E-state index in [0.717, 1.165) is 18.5 Å². The first kappa shape index (κ1) is 21.7. The molecule has 168 valence electrons. The minimum Gasteiger partial charge on any atom is -0.336 e. The average Bonchev–Trinajstić information content (AvgIpc) is 3.61. The molecule has 1 aliphatic carbocycles. The lowest BCUT2D eigenvalue weighted by atomic mass is 10.1. The molecule has 0 spiro atoms. The largest absolute Gasteiger partial charge is 0.336 e. The first-order valence-corrected chi connectivity index (χ1v) is 12.3. The number of hydrogen-bond donors (Lipinski definition) is 1. The van der Waals surface area contributed by atoms with Crippen LogP contribution in [-0.4, -0.2) is 70.0 Å². The van der Waals surface area contributed by atoms with Crippen molar-refractivity contribution in [3.05, 3.63) is 38.2 Å². The van der Waals surface area contributed by atoms with Gasteiger partial charge in [0.15, 0.2) is 5.65 Å². The summed E-state index contributed by atoms with van der Waals surface area (Å²) in [6, 6.07) is 1.67. The third-order valence-electron chi connectivity index (χ3n) is 5.93. The summed E-state index contributed by atoms with van der Waals surface area (Å²) >= 11 is 0. The molecule has 2 aliphatic rings. The molecular weight excluding hydrogens is 422 g/mol. The molecule has 2 fully saturated rings. The zero-order chi connectivity index (χ0) is 22.3. The Labute approximate surface area is 179 Å². The van der Waals surface area contributed by atoms with Crippen molar-refractivity contribution in [3.8, 4) is 0 Å². The number of carbonyl (C=O) groups is 1. The summed E-state index contributed by atoms with van der Waals surface area (Å²) in [5.41, 5.74) is 0.0348. The molecule has 1 N–H and O–H groups in total. The number of amides is 1. The van der Waals surface area contributed by atoms with Gasteiger partial charge in [-0.2, -0.15) is 4.31 Å². The molecule has 1 amide bonds. The predicted molar refractivity (Wildman–Crippen MR) is 116 cm³/mol. The van der Waals surface area contributed by atoms with E-state index in [2.05, 4.69) is 9.97 Å². The molecule has 0 aromatic carbocycles. The number of aromatic amines is 1. The normalized spacial score (nSPS) is 17.9. The number of nitrogens with zero attached hydrogens (tertiary/aromatic N) is 4. The van der Waals surface area contributed by atoms with Gasteiger partial charge in [-0.3, -0.25) is 19.1 Å². The first-order chi connectivity index (χ1) is 14.8. The lowest BCUT2D eigenvalue weighted by Crippen LogP contribution is -2.51. The maximum Gasteiger partial charge on any atom is 0.329 e. The van der Waals surface area contributed by atoms with E-state index in [1.54, 1.807) is 17.9 Å². The van der Waals surface area contributed by atoms with Crippen LogP contribution < -0.4 is 11.2 Å². The molecule has 1 aliphatic heterocycles. The van der Waals surface area contributed by atoms with Crippen molar-refractivity contribution in [2.24, 2.45) is 0 Å². The summed E-state index contributed by atoms with van der Waals surface area (Å²) in [4.78, 5) is 47.0. The quantitative estimate of drug-likeness (QED) is 0.684. The summed E-state index contributed by atoms with van der Waals surface area (Å²) < 4.78 is 27.0. The van der Waals surface area contributed by atoms with Crippen molar-refractivity contribution < 1.29 is 13.2 Å². The van der Waals surface area contributed by atoms with Gasteiger partial charge in [-0.25, -0.2) is 18.2 Å². The van der Waals surface area contributed by atoms with Gasteiger partial charge in [0.25, 0.3) is 11.5 Å². The van der Waals surface area contributed by atoms with Crippen LogP contribution in [0.4, 0.5) is 0 Å². The number of fused-ring (bicyclic) bond motifs is 1. The lowest BCUT2D eigenvalue weighted by molar-refractivity contribution is 0.0699. The van der Waals surface area contributed by atoms with Crippen molar-refractivity contribution in [1.29, 1.82) is 0 Å². The van der Waals surface area contributed by atoms with Crippen molar-refractivity contribution in [3.63, 3.8) is 0 Å². The van der Waals surface area contributed by atoms with E-state index in [-0.39, 0.29) is 60.4 Å². The van der Waals surface area contributed by atoms with Gasteiger partial charge in [0.1, 0.15) is 0 Å². The van der Waals surface area contributed by atoms with E-state index in [9.17, 15) is 22.8 Å². The van der Waals surface area contributed by atoms with E-state index in [0.29, 0.717) is 13.0 Å². The van der Waals surface area contributed by atoms with Crippen LogP contribution in [0.25, 0.3) is 11.0 Å². The van der Waals surface area contributed by atoms with Crippen LogP contribution in [0.3, 0.4) is 0 Å². The minimum absolute atomic E-state index is 0.0189. The highest BCUT2D eigenvalue weighted by molar-refractivity contribution is 7.89. The first-order valence-electron chi connectivity index (χ1n) is 10.7. The molecule has 31 heavy (non-hydrogen) atoms. The topological polar surface area (TPSA) is 125 Å². The molecule has 2 aromatic heterocycles. The van der Waals surface area contributed by atoms with E-state index >= 15 is 0 Å². The van der Waals surface area contributed by atoms with Gasteiger partial charge in [-0.05, 0) is 32.3 Å². The molecule has 4 rings (SSSR count). The zero-order valence-electron chi connectivity index (χ0n) is 17.8. The molecule has 0 radical (unpaired) electrons.